The molecule has 0 fully saturated rings. The van der Waals surface area contributed by atoms with Gasteiger partial charge in [-0.3, -0.25) is 4.79 Å². The molecule has 0 bridgehead atoms. The van der Waals surface area contributed by atoms with E-state index in [0.717, 1.165) is 0 Å². The quantitative estimate of drug-likeness (QED) is 0.637. The number of hydrogen-bond acceptors (Lipinski definition) is 4. The van der Waals surface area contributed by atoms with Crippen molar-refractivity contribution in [3.05, 3.63) is 35.4 Å². The fourth-order valence-electron chi connectivity index (χ4n) is 1.26. The number of carbonyl (C=O) groups is 3. The van der Waals surface area contributed by atoms with E-state index in [4.69, 9.17) is 5.11 Å². The van der Waals surface area contributed by atoms with Crippen LogP contribution in [0.1, 0.15) is 40.5 Å². The van der Waals surface area contributed by atoms with Gasteiger partial charge in [-0.1, -0.05) is 19.1 Å². The van der Waals surface area contributed by atoms with E-state index in [0.29, 0.717) is 6.42 Å². The molecule has 0 saturated heterocycles. The summed E-state index contributed by atoms with van der Waals surface area (Å²) in [5.41, 5.74) is -0.300. The predicted molar refractivity (Wildman–Crippen MR) is 58.7 cm³/mol. The van der Waals surface area contributed by atoms with Gasteiger partial charge >= 0.3 is 17.9 Å². The summed E-state index contributed by atoms with van der Waals surface area (Å²) in [5.74, 6) is -2.82. The van der Waals surface area contributed by atoms with E-state index in [1.54, 1.807) is 6.92 Å². The SMILES string of the molecule is CCCC(=O)OC(=O)c1ccccc1C(=O)O. The van der Waals surface area contributed by atoms with Crippen molar-refractivity contribution in [1.82, 2.24) is 0 Å². The van der Waals surface area contributed by atoms with E-state index in [-0.39, 0.29) is 17.5 Å². The number of aromatic carboxylic acids is 1. The van der Waals surface area contributed by atoms with Gasteiger partial charge in [0.2, 0.25) is 0 Å². The third-order valence-corrected chi connectivity index (χ3v) is 2.04. The summed E-state index contributed by atoms with van der Waals surface area (Å²) in [4.78, 5) is 33.5. The lowest BCUT2D eigenvalue weighted by Crippen LogP contribution is -2.15. The maximum Gasteiger partial charge on any atom is 0.346 e. The van der Waals surface area contributed by atoms with Crippen LogP contribution in [0.4, 0.5) is 0 Å². The number of carboxylic acids is 1. The summed E-state index contributed by atoms with van der Waals surface area (Å²) in [5, 5.41) is 8.86. The Hall–Kier alpha value is -2.17. The van der Waals surface area contributed by atoms with Gasteiger partial charge in [0.1, 0.15) is 0 Å². The van der Waals surface area contributed by atoms with Crippen molar-refractivity contribution in [1.29, 1.82) is 0 Å². The molecule has 0 amide bonds. The zero-order valence-corrected chi connectivity index (χ0v) is 9.30. The molecule has 0 atom stereocenters. The first-order chi connectivity index (χ1) is 8.06. The van der Waals surface area contributed by atoms with Crippen molar-refractivity contribution in [3.63, 3.8) is 0 Å². The van der Waals surface area contributed by atoms with Crippen LogP contribution < -0.4 is 0 Å². The maximum absolute atomic E-state index is 11.5. The van der Waals surface area contributed by atoms with Crippen molar-refractivity contribution in [2.45, 2.75) is 19.8 Å². The third kappa shape index (κ3) is 3.41. The van der Waals surface area contributed by atoms with Crippen LogP contribution in [0.3, 0.4) is 0 Å². The summed E-state index contributed by atoms with van der Waals surface area (Å²) in [7, 11) is 0. The molecule has 0 aliphatic heterocycles. The normalized spacial score (nSPS) is 9.71. The summed E-state index contributed by atoms with van der Waals surface area (Å²) >= 11 is 0. The minimum atomic E-state index is -1.24. The molecule has 5 heteroatoms. The molecule has 0 spiro atoms. The highest BCUT2D eigenvalue weighted by Crippen LogP contribution is 2.11. The first kappa shape index (κ1) is 12.9. The second-order valence-corrected chi connectivity index (χ2v) is 3.36. The maximum atomic E-state index is 11.5. The van der Waals surface area contributed by atoms with E-state index in [2.05, 4.69) is 4.74 Å². The third-order valence-electron chi connectivity index (χ3n) is 2.04. The second kappa shape index (κ2) is 5.79. The van der Waals surface area contributed by atoms with E-state index in [1.165, 1.54) is 24.3 Å². The van der Waals surface area contributed by atoms with Crippen LogP contribution in [-0.4, -0.2) is 23.0 Å². The molecule has 1 N–H and O–H groups in total. The number of hydrogen-bond donors (Lipinski definition) is 1. The lowest BCUT2D eigenvalue weighted by molar-refractivity contribution is -0.138. The zero-order chi connectivity index (χ0) is 12.8. The van der Waals surface area contributed by atoms with E-state index < -0.39 is 17.9 Å². The fourth-order valence-corrected chi connectivity index (χ4v) is 1.26. The first-order valence-electron chi connectivity index (χ1n) is 5.13. The lowest BCUT2D eigenvalue weighted by atomic mass is 10.1. The van der Waals surface area contributed by atoms with Crippen molar-refractivity contribution >= 4 is 17.9 Å². The van der Waals surface area contributed by atoms with Crippen LogP contribution in [0, 0.1) is 0 Å². The number of ether oxygens (including phenoxy) is 1. The Morgan fingerprint density at radius 1 is 1.18 bits per heavy atom. The van der Waals surface area contributed by atoms with Gasteiger partial charge in [0.05, 0.1) is 11.1 Å². The molecular weight excluding hydrogens is 224 g/mol. The molecule has 1 rings (SSSR count). The van der Waals surface area contributed by atoms with Crippen molar-refractivity contribution in [2.75, 3.05) is 0 Å². The number of carbonyl (C=O) groups excluding carboxylic acids is 2. The highest BCUT2D eigenvalue weighted by Gasteiger charge is 2.19. The zero-order valence-electron chi connectivity index (χ0n) is 9.30. The summed E-state index contributed by atoms with van der Waals surface area (Å²) < 4.78 is 4.53. The molecule has 0 unspecified atom stereocenters. The molecular formula is C12H12O5. The molecule has 1 aromatic carbocycles. The van der Waals surface area contributed by atoms with Crippen molar-refractivity contribution in [2.24, 2.45) is 0 Å². The summed E-state index contributed by atoms with van der Waals surface area (Å²) in [6, 6.07) is 5.59. The predicted octanol–water partition coefficient (Wildman–Crippen LogP) is 1.87. The molecule has 0 heterocycles. The fraction of sp³-hybridized carbons (Fsp3) is 0.250. The summed E-state index contributed by atoms with van der Waals surface area (Å²) in [6.07, 6.45) is 0.688. The number of esters is 2. The van der Waals surface area contributed by atoms with Crippen LogP contribution >= 0.6 is 0 Å². The van der Waals surface area contributed by atoms with Gasteiger partial charge in [0, 0.05) is 6.42 Å². The molecule has 0 saturated carbocycles. The molecule has 90 valence electrons. The topological polar surface area (TPSA) is 80.7 Å². The van der Waals surface area contributed by atoms with E-state index in [9.17, 15) is 14.4 Å². The number of rotatable bonds is 4. The standard InChI is InChI=1S/C12H12O5/c1-2-5-10(13)17-12(16)9-7-4-3-6-8(9)11(14)15/h3-4,6-7H,2,5H2,1H3,(H,14,15). The second-order valence-electron chi connectivity index (χ2n) is 3.36. The van der Waals surface area contributed by atoms with Crippen LogP contribution in [0.5, 0.6) is 0 Å². The largest absolute Gasteiger partial charge is 0.478 e. The van der Waals surface area contributed by atoms with E-state index in [1.807, 2.05) is 0 Å². The molecule has 0 aromatic heterocycles. The van der Waals surface area contributed by atoms with Crippen LogP contribution in [-0.2, 0) is 9.53 Å². The van der Waals surface area contributed by atoms with Crippen molar-refractivity contribution in [3.8, 4) is 0 Å². The van der Waals surface area contributed by atoms with Crippen molar-refractivity contribution < 1.29 is 24.2 Å². The Morgan fingerprint density at radius 3 is 2.29 bits per heavy atom. The molecule has 0 aliphatic rings. The van der Waals surface area contributed by atoms with Gasteiger partial charge < -0.3 is 9.84 Å². The number of benzene rings is 1. The van der Waals surface area contributed by atoms with Gasteiger partial charge in [0.25, 0.3) is 0 Å². The van der Waals surface area contributed by atoms with E-state index >= 15 is 0 Å². The van der Waals surface area contributed by atoms with Crippen LogP contribution in [0.25, 0.3) is 0 Å². The minimum absolute atomic E-state index is 0.121. The van der Waals surface area contributed by atoms with Gasteiger partial charge in [-0.05, 0) is 18.6 Å². The van der Waals surface area contributed by atoms with Gasteiger partial charge in [0.15, 0.2) is 0 Å². The molecule has 17 heavy (non-hydrogen) atoms. The van der Waals surface area contributed by atoms with Crippen LogP contribution in [0.15, 0.2) is 24.3 Å². The molecule has 1 aromatic rings. The Labute approximate surface area is 98.0 Å². The monoisotopic (exact) mass is 236 g/mol. The molecule has 5 nitrogen and oxygen atoms in total. The first-order valence-corrected chi connectivity index (χ1v) is 5.13. The number of carboxylic acid groups (broad SMARTS) is 1. The molecule has 0 radical (unpaired) electrons. The van der Waals surface area contributed by atoms with Crippen LogP contribution in [0.2, 0.25) is 0 Å². The average Bonchev–Trinajstić information content (AvgIpc) is 2.29. The Morgan fingerprint density at radius 2 is 1.76 bits per heavy atom. The Kier molecular flexibility index (Phi) is 4.39. The highest BCUT2D eigenvalue weighted by atomic mass is 16.6. The Balaban J connectivity index is 2.89. The highest BCUT2D eigenvalue weighted by molar-refractivity contribution is 6.05. The Bertz CT molecular complexity index is 450. The lowest BCUT2D eigenvalue weighted by Gasteiger charge is -2.04. The van der Waals surface area contributed by atoms with Gasteiger partial charge in [-0.15, -0.1) is 0 Å². The minimum Gasteiger partial charge on any atom is -0.478 e. The average molecular weight is 236 g/mol. The smallest absolute Gasteiger partial charge is 0.346 e. The van der Waals surface area contributed by atoms with Gasteiger partial charge in [-0.25, -0.2) is 9.59 Å². The van der Waals surface area contributed by atoms with Gasteiger partial charge in [-0.2, -0.15) is 0 Å². The summed E-state index contributed by atoms with van der Waals surface area (Å²) in [6.45, 7) is 1.77. The molecule has 0 aliphatic carbocycles.